The second kappa shape index (κ2) is 5.50. The third-order valence-corrected chi connectivity index (χ3v) is 3.00. The number of nitrogens with zero attached hydrogens (tertiary/aromatic N) is 3. The van der Waals surface area contributed by atoms with Crippen LogP contribution in [0.25, 0.3) is 0 Å². The zero-order chi connectivity index (χ0) is 13.1. The lowest BCUT2D eigenvalue weighted by Gasteiger charge is -2.10. The van der Waals surface area contributed by atoms with E-state index in [2.05, 4.69) is 24.2 Å². The Morgan fingerprint density at radius 1 is 1.39 bits per heavy atom. The Hall–Kier alpha value is -1.39. The number of aromatic nitrogens is 3. The van der Waals surface area contributed by atoms with Crippen molar-refractivity contribution in [3.63, 3.8) is 0 Å². The highest BCUT2D eigenvalue weighted by molar-refractivity contribution is 6.30. The zero-order valence-corrected chi connectivity index (χ0v) is 11.2. The number of benzene rings is 1. The molecule has 0 fully saturated rings. The Kier molecular flexibility index (Phi) is 3.99. The molecule has 0 bridgehead atoms. The van der Waals surface area contributed by atoms with Gasteiger partial charge in [-0.3, -0.25) is 0 Å². The van der Waals surface area contributed by atoms with E-state index in [1.54, 1.807) is 0 Å². The average molecular weight is 266 g/mol. The Morgan fingerprint density at radius 3 is 2.78 bits per heavy atom. The normalized spacial score (nSPS) is 11.2. The van der Waals surface area contributed by atoms with Crippen molar-refractivity contribution in [2.24, 2.45) is 0 Å². The Labute approximate surface area is 111 Å². The van der Waals surface area contributed by atoms with Gasteiger partial charge in [0, 0.05) is 5.02 Å². The van der Waals surface area contributed by atoms with Gasteiger partial charge in [0.15, 0.2) is 0 Å². The van der Waals surface area contributed by atoms with Gasteiger partial charge in [-0.2, -0.15) is 0 Å². The molecule has 5 heteroatoms. The first-order chi connectivity index (χ1) is 8.61. The van der Waals surface area contributed by atoms with Gasteiger partial charge in [0.05, 0.1) is 18.8 Å². The molecule has 2 aromatic rings. The largest absolute Gasteiger partial charge is 0.390 e. The van der Waals surface area contributed by atoms with E-state index < -0.39 is 0 Å². The number of rotatable bonds is 4. The molecule has 4 nitrogen and oxygen atoms in total. The van der Waals surface area contributed by atoms with E-state index in [0.29, 0.717) is 17.3 Å². The molecule has 1 N–H and O–H groups in total. The Morgan fingerprint density at radius 2 is 2.17 bits per heavy atom. The van der Waals surface area contributed by atoms with Crippen molar-refractivity contribution in [1.29, 1.82) is 0 Å². The summed E-state index contributed by atoms with van der Waals surface area (Å²) in [6, 6.07) is 7.66. The Balaban J connectivity index is 2.32. The molecule has 18 heavy (non-hydrogen) atoms. The van der Waals surface area contributed by atoms with Crippen LogP contribution in [0, 0.1) is 0 Å². The molecule has 1 aromatic heterocycles. The second-order valence-corrected chi connectivity index (χ2v) is 4.96. The highest BCUT2D eigenvalue weighted by Gasteiger charge is 2.15. The number of aliphatic hydroxyl groups excluding tert-OH is 1. The van der Waals surface area contributed by atoms with Crippen molar-refractivity contribution >= 4 is 11.6 Å². The number of hydrogen-bond donors (Lipinski definition) is 1. The monoisotopic (exact) mass is 265 g/mol. The molecule has 0 amide bonds. The number of halogens is 1. The van der Waals surface area contributed by atoms with Gasteiger partial charge >= 0.3 is 0 Å². The molecule has 0 saturated carbocycles. The maximum Gasteiger partial charge on any atom is 0.112 e. The van der Waals surface area contributed by atoms with E-state index in [0.717, 1.165) is 11.3 Å². The summed E-state index contributed by atoms with van der Waals surface area (Å²) in [7, 11) is 0. The lowest BCUT2D eigenvalue weighted by Crippen LogP contribution is -2.09. The highest BCUT2D eigenvalue weighted by Crippen LogP contribution is 2.19. The minimum absolute atomic E-state index is 0.0803. The first-order valence-corrected chi connectivity index (χ1v) is 6.27. The molecule has 2 rings (SSSR count). The van der Waals surface area contributed by atoms with Crippen LogP contribution < -0.4 is 0 Å². The zero-order valence-electron chi connectivity index (χ0n) is 10.5. The molecule has 0 unspecified atom stereocenters. The van der Waals surface area contributed by atoms with Crippen LogP contribution in [0.2, 0.25) is 5.02 Å². The molecule has 1 heterocycles. The summed E-state index contributed by atoms with van der Waals surface area (Å²) >= 11 is 5.96. The molecular formula is C13H16ClN3O. The van der Waals surface area contributed by atoms with Crippen LogP contribution in [-0.4, -0.2) is 20.1 Å². The minimum Gasteiger partial charge on any atom is -0.390 e. The molecule has 1 aromatic carbocycles. The lowest BCUT2D eigenvalue weighted by atomic mass is 10.1. The van der Waals surface area contributed by atoms with Gasteiger partial charge in [-0.1, -0.05) is 42.8 Å². The third-order valence-electron chi connectivity index (χ3n) is 2.77. The second-order valence-electron chi connectivity index (χ2n) is 4.52. The molecule has 0 radical (unpaired) electrons. The van der Waals surface area contributed by atoms with Gasteiger partial charge in [0.1, 0.15) is 5.69 Å². The van der Waals surface area contributed by atoms with E-state index in [1.165, 1.54) is 0 Å². The van der Waals surface area contributed by atoms with E-state index in [-0.39, 0.29) is 12.5 Å². The smallest absolute Gasteiger partial charge is 0.112 e. The number of hydrogen-bond acceptors (Lipinski definition) is 3. The summed E-state index contributed by atoms with van der Waals surface area (Å²) in [5.74, 6) is 0.265. The molecule has 0 saturated heterocycles. The highest BCUT2D eigenvalue weighted by atomic mass is 35.5. The first-order valence-electron chi connectivity index (χ1n) is 5.89. The van der Waals surface area contributed by atoms with E-state index in [1.807, 2.05) is 28.9 Å². The van der Waals surface area contributed by atoms with Crippen molar-refractivity contribution in [3.8, 4) is 0 Å². The van der Waals surface area contributed by atoms with Crippen molar-refractivity contribution in [1.82, 2.24) is 15.0 Å². The van der Waals surface area contributed by atoms with Crippen LogP contribution in [0.5, 0.6) is 0 Å². The van der Waals surface area contributed by atoms with Gasteiger partial charge in [-0.25, -0.2) is 4.68 Å². The van der Waals surface area contributed by atoms with Crippen molar-refractivity contribution in [3.05, 3.63) is 46.2 Å². The quantitative estimate of drug-likeness (QED) is 0.924. The predicted octanol–water partition coefficient (Wildman–Crippen LogP) is 2.60. The van der Waals surface area contributed by atoms with Crippen molar-refractivity contribution in [2.45, 2.75) is 32.9 Å². The van der Waals surface area contributed by atoms with Gasteiger partial charge < -0.3 is 5.11 Å². The average Bonchev–Trinajstić information content (AvgIpc) is 2.72. The van der Waals surface area contributed by atoms with Crippen LogP contribution in [0.4, 0.5) is 0 Å². The summed E-state index contributed by atoms with van der Waals surface area (Å²) in [6.07, 6.45) is 0. The third kappa shape index (κ3) is 2.71. The maximum absolute atomic E-state index is 9.25. The molecule has 0 aliphatic heterocycles. The predicted molar refractivity (Wildman–Crippen MR) is 70.6 cm³/mol. The SMILES string of the molecule is CC(C)c1c(CO)nnn1Cc1cccc(Cl)c1. The van der Waals surface area contributed by atoms with Crippen LogP contribution in [0.3, 0.4) is 0 Å². The van der Waals surface area contributed by atoms with Gasteiger partial charge in [0.2, 0.25) is 0 Å². The standard InChI is InChI=1S/C13H16ClN3O/c1-9(2)13-12(8-18)15-16-17(13)7-10-4-3-5-11(14)6-10/h3-6,9,18H,7-8H2,1-2H3. The van der Waals surface area contributed by atoms with Gasteiger partial charge in [-0.15, -0.1) is 5.10 Å². The summed E-state index contributed by atoms with van der Waals surface area (Å²) < 4.78 is 1.82. The fourth-order valence-corrected chi connectivity index (χ4v) is 2.24. The molecule has 0 atom stereocenters. The summed E-state index contributed by atoms with van der Waals surface area (Å²) in [4.78, 5) is 0. The summed E-state index contributed by atoms with van der Waals surface area (Å²) in [5, 5.41) is 18.1. The molecule has 96 valence electrons. The van der Waals surface area contributed by atoms with E-state index >= 15 is 0 Å². The van der Waals surface area contributed by atoms with Crippen LogP contribution in [0.15, 0.2) is 24.3 Å². The number of aliphatic hydroxyl groups is 1. The molecular weight excluding hydrogens is 250 g/mol. The van der Waals surface area contributed by atoms with Crippen molar-refractivity contribution < 1.29 is 5.11 Å². The summed E-state index contributed by atoms with van der Waals surface area (Å²) in [5.41, 5.74) is 2.68. The van der Waals surface area contributed by atoms with Gasteiger partial charge in [-0.05, 0) is 23.6 Å². The van der Waals surface area contributed by atoms with Gasteiger partial charge in [0.25, 0.3) is 0 Å². The first kappa shape index (κ1) is 13.1. The fraction of sp³-hybridized carbons (Fsp3) is 0.385. The molecule has 0 aliphatic carbocycles. The van der Waals surface area contributed by atoms with Crippen molar-refractivity contribution in [2.75, 3.05) is 0 Å². The minimum atomic E-state index is -0.0803. The maximum atomic E-state index is 9.25. The van der Waals surface area contributed by atoms with E-state index in [9.17, 15) is 5.11 Å². The topological polar surface area (TPSA) is 50.9 Å². The van der Waals surface area contributed by atoms with Crippen LogP contribution in [-0.2, 0) is 13.2 Å². The molecule has 0 spiro atoms. The molecule has 0 aliphatic rings. The van der Waals surface area contributed by atoms with Crippen LogP contribution >= 0.6 is 11.6 Å². The Bertz CT molecular complexity index is 537. The van der Waals surface area contributed by atoms with Crippen LogP contribution in [0.1, 0.15) is 36.7 Å². The summed E-state index contributed by atoms with van der Waals surface area (Å²) in [6.45, 7) is 4.66. The fourth-order valence-electron chi connectivity index (χ4n) is 2.03. The lowest BCUT2D eigenvalue weighted by molar-refractivity contribution is 0.275. The van der Waals surface area contributed by atoms with E-state index in [4.69, 9.17) is 11.6 Å².